The van der Waals surface area contributed by atoms with E-state index in [1.54, 1.807) is 24.3 Å². The van der Waals surface area contributed by atoms with Gasteiger partial charge >= 0.3 is 0 Å². The normalized spacial score (nSPS) is 11.2. The van der Waals surface area contributed by atoms with E-state index in [2.05, 4.69) is 10.0 Å². The largest absolute Gasteiger partial charge is 0.356 e. The first-order chi connectivity index (χ1) is 11.4. The summed E-state index contributed by atoms with van der Waals surface area (Å²) in [6.45, 7) is 4.25. The third-order valence-electron chi connectivity index (χ3n) is 3.61. The van der Waals surface area contributed by atoms with Crippen molar-refractivity contribution in [2.45, 2.75) is 31.7 Å². The molecule has 0 aliphatic heterocycles. The molecule has 128 valence electrons. The third-order valence-corrected chi connectivity index (χ3v) is 5.03. The molecule has 0 atom stereocenters. The fraction of sp³-hybridized carbons (Fsp3) is 0.278. The zero-order chi connectivity index (χ0) is 17.6. The fourth-order valence-corrected chi connectivity index (χ4v) is 3.20. The summed E-state index contributed by atoms with van der Waals surface area (Å²) in [5.74, 6) is -0.0745. The van der Waals surface area contributed by atoms with Crippen LogP contribution < -0.4 is 10.0 Å². The van der Waals surface area contributed by atoms with Crippen molar-refractivity contribution in [3.63, 3.8) is 0 Å². The molecule has 0 aliphatic carbocycles. The Balaban J connectivity index is 1.96. The summed E-state index contributed by atoms with van der Waals surface area (Å²) in [6, 6.07) is 14.4. The van der Waals surface area contributed by atoms with Gasteiger partial charge in [0.05, 0.1) is 4.90 Å². The van der Waals surface area contributed by atoms with Gasteiger partial charge in [-0.3, -0.25) is 4.79 Å². The molecule has 0 heterocycles. The second kappa shape index (κ2) is 8.08. The summed E-state index contributed by atoms with van der Waals surface area (Å²) < 4.78 is 27.2. The lowest BCUT2D eigenvalue weighted by molar-refractivity contribution is -0.118. The van der Waals surface area contributed by atoms with E-state index < -0.39 is 10.0 Å². The Labute approximate surface area is 143 Å². The van der Waals surface area contributed by atoms with Crippen LogP contribution in [-0.4, -0.2) is 20.9 Å². The Morgan fingerprint density at radius 3 is 2.12 bits per heavy atom. The molecule has 0 fully saturated rings. The van der Waals surface area contributed by atoms with Crippen molar-refractivity contribution >= 4 is 15.9 Å². The minimum absolute atomic E-state index is 0.0745. The van der Waals surface area contributed by atoms with Crippen LogP contribution in [0, 0.1) is 6.92 Å². The quantitative estimate of drug-likeness (QED) is 0.807. The summed E-state index contributed by atoms with van der Waals surface area (Å²) in [6.07, 6.45) is 0.663. The molecular weight excluding hydrogens is 324 g/mol. The van der Waals surface area contributed by atoms with Crippen molar-refractivity contribution in [1.82, 2.24) is 10.0 Å². The maximum Gasteiger partial charge on any atom is 0.240 e. The van der Waals surface area contributed by atoms with E-state index >= 15 is 0 Å². The van der Waals surface area contributed by atoms with Gasteiger partial charge in [-0.15, -0.1) is 0 Å². The van der Waals surface area contributed by atoms with E-state index in [1.807, 2.05) is 31.2 Å². The highest BCUT2D eigenvalue weighted by molar-refractivity contribution is 7.89. The summed E-state index contributed by atoms with van der Waals surface area (Å²) in [5.41, 5.74) is 3.02. The van der Waals surface area contributed by atoms with Crippen LogP contribution in [0.5, 0.6) is 0 Å². The molecule has 2 aromatic carbocycles. The first kappa shape index (κ1) is 18.2. The number of hydrogen-bond donors (Lipinski definition) is 2. The summed E-state index contributed by atoms with van der Waals surface area (Å²) in [4.78, 5) is 11.1. The number of aryl methyl sites for hydroxylation is 1. The van der Waals surface area contributed by atoms with E-state index in [4.69, 9.17) is 0 Å². The van der Waals surface area contributed by atoms with Gasteiger partial charge in [-0.1, -0.05) is 42.0 Å². The van der Waals surface area contributed by atoms with Crippen LogP contribution in [0.3, 0.4) is 0 Å². The van der Waals surface area contributed by atoms with E-state index in [0.29, 0.717) is 13.0 Å². The molecule has 0 aliphatic rings. The molecule has 0 saturated heterocycles. The number of carbonyl (C=O) groups is 1. The number of benzene rings is 2. The summed E-state index contributed by atoms with van der Waals surface area (Å²) in [7, 11) is -3.54. The number of carbonyl (C=O) groups excluding carboxylic acids is 1. The lowest BCUT2D eigenvalue weighted by Gasteiger charge is -2.08. The van der Waals surface area contributed by atoms with Crippen LogP contribution in [0.1, 0.15) is 23.6 Å². The van der Waals surface area contributed by atoms with E-state index in [9.17, 15) is 13.2 Å². The van der Waals surface area contributed by atoms with Gasteiger partial charge in [-0.05, 0) is 36.6 Å². The highest BCUT2D eigenvalue weighted by atomic mass is 32.2. The van der Waals surface area contributed by atoms with Crippen LogP contribution in [0.25, 0.3) is 0 Å². The highest BCUT2D eigenvalue weighted by Gasteiger charge is 2.13. The molecule has 0 unspecified atom stereocenters. The molecule has 0 aromatic heterocycles. The van der Waals surface area contributed by atoms with Gasteiger partial charge in [0.15, 0.2) is 0 Å². The van der Waals surface area contributed by atoms with Gasteiger partial charge < -0.3 is 5.32 Å². The van der Waals surface area contributed by atoms with Gasteiger partial charge in [0.1, 0.15) is 0 Å². The number of rotatable bonds is 7. The number of amides is 1. The van der Waals surface area contributed by atoms with Gasteiger partial charge in [0.2, 0.25) is 15.9 Å². The number of sulfonamides is 1. The number of nitrogens with one attached hydrogen (secondary N) is 2. The summed E-state index contributed by atoms with van der Waals surface area (Å²) >= 11 is 0. The van der Waals surface area contributed by atoms with Crippen LogP contribution in [0.15, 0.2) is 53.4 Å². The van der Waals surface area contributed by atoms with Gasteiger partial charge in [0.25, 0.3) is 0 Å². The Hall–Kier alpha value is -2.18. The smallest absolute Gasteiger partial charge is 0.240 e. The molecule has 0 radical (unpaired) electrons. The molecule has 24 heavy (non-hydrogen) atoms. The molecule has 2 aromatic rings. The van der Waals surface area contributed by atoms with Crippen molar-refractivity contribution in [3.05, 3.63) is 65.2 Å². The average molecular weight is 346 g/mol. The molecular formula is C18H22N2O3S. The summed E-state index contributed by atoms with van der Waals surface area (Å²) in [5, 5.41) is 2.71. The molecule has 0 saturated carbocycles. The van der Waals surface area contributed by atoms with Crippen molar-refractivity contribution < 1.29 is 13.2 Å². The minimum atomic E-state index is -3.54. The zero-order valence-electron chi connectivity index (χ0n) is 13.9. The van der Waals surface area contributed by atoms with Crippen LogP contribution >= 0.6 is 0 Å². The van der Waals surface area contributed by atoms with Crippen molar-refractivity contribution in [3.8, 4) is 0 Å². The average Bonchev–Trinajstić information content (AvgIpc) is 2.54. The van der Waals surface area contributed by atoms with Crippen molar-refractivity contribution in [2.75, 3.05) is 6.54 Å². The number of hydrogen-bond acceptors (Lipinski definition) is 3. The van der Waals surface area contributed by atoms with Gasteiger partial charge in [-0.2, -0.15) is 0 Å². The Morgan fingerprint density at radius 1 is 0.958 bits per heavy atom. The Kier molecular flexibility index (Phi) is 6.11. The van der Waals surface area contributed by atoms with E-state index in [0.717, 1.165) is 16.7 Å². The SMILES string of the molecule is CC(=O)NCCc1ccc(S(=O)(=O)NCc2ccc(C)cc2)cc1. The van der Waals surface area contributed by atoms with Crippen LogP contribution in [0.2, 0.25) is 0 Å². The Bertz CT molecular complexity index is 782. The third kappa shape index (κ3) is 5.47. The van der Waals surface area contributed by atoms with E-state index in [1.165, 1.54) is 6.92 Å². The molecule has 1 amide bonds. The maximum absolute atomic E-state index is 12.3. The van der Waals surface area contributed by atoms with Crippen molar-refractivity contribution in [1.29, 1.82) is 0 Å². The first-order valence-electron chi connectivity index (χ1n) is 7.75. The van der Waals surface area contributed by atoms with Gasteiger partial charge in [0, 0.05) is 20.0 Å². The fourth-order valence-electron chi connectivity index (χ4n) is 2.19. The minimum Gasteiger partial charge on any atom is -0.356 e. The predicted molar refractivity (Wildman–Crippen MR) is 94.0 cm³/mol. The molecule has 6 heteroatoms. The lowest BCUT2D eigenvalue weighted by Crippen LogP contribution is -2.23. The molecule has 2 N–H and O–H groups in total. The predicted octanol–water partition coefficient (Wildman–Crippen LogP) is 2.15. The van der Waals surface area contributed by atoms with Crippen LogP contribution in [-0.2, 0) is 27.8 Å². The second-order valence-electron chi connectivity index (χ2n) is 5.69. The van der Waals surface area contributed by atoms with Crippen molar-refractivity contribution in [2.24, 2.45) is 0 Å². The highest BCUT2D eigenvalue weighted by Crippen LogP contribution is 2.12. The maximum atomic E-state index is 12.3. The molecule has 0 bridgehead atoms. The second-order valence-corrected chi connectivity index (χ2v) is 7.45. The monoisotopic (exact) mass is 346 g/mol. The molecule has 0 spiro atoms. The van der Waals surface area contributed by atoms with Crippen LogP contribution in [0.4, 0.5) is 0 Å². The Morgan fingerprint density at radius 2 is 1.54 bits per heavy atom. The van der Waals surface area contributed by atoms with E-state index in [-0.39, 0.29) is 17.3 Å². The van der Waals surface area contributed by atoms with Gasteiger partial charge in [-0.25, -0.2) is 13.1 Å². The lowest BCUT2D eigenvalue weighted by atomic mass is 10.1. The first-order valence-corrected chi connectivity index (χ1v) is 9.24. The standard InChI is InChI=1S/C18H22N2O3S/c1-14-3-5-17(6-4-14)13-20-24(22,23)18-9-7-16(8-10-18)11-12-19-15(2)21/h3-10,20H,11-13H2,1-2H3,(H,19,21). The molecule has 5 nitrogen and oxygen atoms in total. The topological polar surface area (TPSA) is 75.3 Å². The molecule has 2 rings (SSSR count). The zero-order valence-corrected chi connectivity index (χ0v) is 14.7.